The van der Waals surface area contributed by atoms with Gasteiger partial charge in [-0.2, -0.15) is 0 Å². The molecule has 2 N–H and O–H groups in total. The Bertz CT molecular complexity index is 433. The quantitative estimate of drug-likeness (QED) is 0.651. The summed E-state index contributed by atoms with van der Waals surface area (Å²) in [5.74, 6) is -0.779. The summed E-state index contributed by atoms with van der Waals surface area (Å²) in [5.41, 5.74) is 1.98. The number of carbonyl (C=O) groups is 1. The number of benzene rings is 1. The summed E-state index contributed by atoms with van der Waals surface area (Å²) >= 11 is 0. The molecule has 1 aromatic carbocycles. The zero-order valence-electron chi connectivity index (χ0n) is 13.4. The van der Waals surface area contributed by atoms with Crippen molar-refractivity contribution in [3.8, 4) is 0 Å². The molecule has 0 amide bonds. The third-order valence-electron chi connectivity index (χ3n) is 3.77. The van der Waals surface area contributed by atoms with E-state index in [-0.39, 0.29) is 6.42 Å². The summed E-state index contributed by atoms with van der Waals surface area (Å²) < 4.78 is 0. The Morgan fingerprint density at radius 1 is 1.24 bits per heavy atom. The van der Waals surface area contributed by atoms with Crippen molar-refractivity contribution in [2.45, 2.75) is 45.7 Å². The van der Waals surface area contributed by atoms with Gasteiger partial charge in [-0.3, -0.25) is 4.79 Å². The molecule has 0 aliphatic heterocycles. The Balaban J connectivity index is 2.25. The Morgan fingerprint density at radius 2 is 1.90 bits per heavy atom. The van der Waals surface area contributed by atoms with Crippen LogP contribution in [0.15, 0.2) is 24.3 Å². The summed E-state index contributed by atoms with van der Waals surface area (Å²) in [7, 11) is 2.15. The SMILES string of the molecule is CC(C)N(C)CCCCNCc1ccccc1CC(=O)O. The van der Waals surface area contributed by atoms with Crippen LogP contribution >= 0.6 is 0 Å². The topological polar surface area (TPSA) is 52.6 Å². The first-order chi connectivity index (χ1) is 10.0. The summed E-state index contributed by atoms with van der Waals surface area (Å²) in [5, 5.41) is 12.3. The molecule has 0 fully saturated rings. The van der Waals surface area contributed by atoms with Gasteiger partial charge in [-0.15, -0.1) is 0 Å². The molecule has 1 rings (SSSR count). The van der Waals surface area contributed by atoms with Gasteiger partial charge in [0.25, 0.3) is 0 Å². The van der Waals surface area contributed by atoms with Crippen LogP contribution < -0.4 is 5.32 Å². The molecule has 0 saturated carbocycles. The number of carboxylic acid groups (broad SMARTS) is 1. The predicted octanol–water partition coefficient (Wildman–Crippen LogP) is 2.52. The predicted molar refractivity (Wildman–Crippen MR) is 86.5 cm³/mol. The van der Waals surface area contributed by atoms with E-state index >= 15 is 0 Å². The van der Waals surface area contributed by atoms with E-state index in [0.717, 1.165) is 37.2 Å². The van der Waals surface area contributed by atoms with E-state index in [9.17, 15) is 4.79 Å². The Kier molecular flexibility index (Phi) is 8.01. The monoisotopic (exact) mass is 292 g/mol. The molecule has 0 aromatic heterocycles. The van der Waals surface area contributed by atoms with E-state index < -0.39 is 5.97 Å². The van der Waals surface area contributed by atoms with Crippen molar-refractivity contribution in [2.75, 3.05) is 20.1 Å². The maximum Gasteiger partial charge on any atom is 0.307 e. The van der Waals surface area contributed by atoms with Gasteiger partial charge in [0, 0.05) is 12.6 Å². The van der Waals surface area contributed by atoms with Gasteiger partial charge in [0.1, 0.15) is 0 Å². The van der Waals surface area contributed by atoms with Gasteiger partial charge in [0.15, 0.2) is 0 Å². The van der Waals surface area contributed by atoms with E-state index in [1.54, 1.807) is 0 Å². The van der Waals surface area contributed by atoms with Crippen LogP contribution in [0.25, 0.3) is 0 Å². The first-order valence-corrected chi connectivity index (χ1v) is 7.70. The van der Waals surface area contributed by atoms with Gasteiger partial charge in [0.2, 0.25) is 0 Å². The van der Waals surface area contributed by atoms with Gasteiger partial charge in [-0.05, 0) is 58.0 Å². The second-order valence-corrected chi connectivity index (χ2v) is 5.80. The Labute approximate surface area is 128 Å². The van der Waals surface area contributed by atoms with Crippen LogP contribution in [0.4, 0.5) is 0 Å². The molecule has 0 aliphatic rings. The van der Waals surface area contributed by atoms with E-state index in [1.165, 1.54) is 6.42 Å². The molecule has 1 aromatic rings. The molecule has 0 radical (unpaired) electrons. The number of hydrogen-bond donors (Lipinski definition) is 2. The number of rotatable bonds is 10. The lowest BCUT2D eigenvalue weighted by molar-refractivity contribution is -0.136. The summed E-state index contributed by atoms with van der Waals surface area (Å²) in [4.78, 5) is 13.2. The van der Waals surface area contributed by atoms with E-state index in [4.69, 9.17) is 5.11 Å². The van der Waals surface area contributed by atoms with E-state index in [1.807, 2.05) is 24.3 Å². The molecule has 0 aliphatic carbocycles. The average Bonchev–Trinajstić information content (AvgIpc) is 2.43. The van der Waals surface area contributed by atoms with Crippen LogP contribution in [0.2, 0.25) is 0 Å². The van der Waals surface area contributed by atoms with Gasteiger partial charge >= 0.3 is 5.97 Å². The van der Waals surface area contributed by atoms with Crippen molar-refractivity contribution in [3.63, 3.8) is 0 Å². The van der Waals surface area contributed by atoms with Crippen molar-refractivity contribution in [1.82, 2.24) is 10.2 Å². The summed E-state index contributed by atoms with van der Waals surface area (Å²) in [6, 6.07) is 8.34. The lowest BCUT2D eigenvalue weighted by Gasteiger charge is -2.20. The molecule has 118 valence electrons. The Hall–Kier alpha value is -1.39. The molecule has 0 heterocycles. The fourth-order valence-electron chi connectivity index (χ4n) is 2.16. The molecule has 21 heavy (non-hydrogen) atoms. The molecule has 0 spiro atoms. The van der Waals surface area contributed by atoms with E-state index in [0.29, 0.717) is 6.04 Å². The average molecular weight is 292 g/mol. The lowest BCUT2D eigenvalue weighted by atomic mass is 10.0. The molecule has 0 saturated heterocycles. The van der Waals surface area contributed by atoms with Crippen LogP contribution in [0.1, 0.15) is 37.8 Å². The third kappa shape index (κ3) is 7.25. The van der Waals surface area contributed by atoms with Crippen molar-refractivity contribution < 1.29 is 9.90 Å². The maximum absolute atomic E-state index is 10.8. The number of nitrogens with one attached hydrogen (secondary N) is 1. The maximum atomic E-state index is 10.8. The normalized spacial score (nSPS) is 11.3. The largest absolute Gasteiger partial charge is 0.481 e. The van der Waals surface area contributed by atoms with Crippen LogP contribution in [0, 0.1) is 0 Å². The van der Waals surface area contributed by atoms with Crippen molar-refractivity contribution >= 4 is 5.97 Å². The van der Waals surface area contributed by atoms with Crippen molar-refractivity contribution in [3.05, 3.63) is 35.4 Å². The van der Waals surface area contributed by atoms with Crippen LogP contribution in [0.5, 0.6) is 0 Å². The number of hydrogen-bond acceptors (Lipinski definition) is 3. The van der Waals surface area contributed by atoms with Crippen molar-refractivity contribution in [2.24, 2.45) is 0 Å². The number of unbranched alkanes of at least 4 members (excludes halogenated alkanes) is 1. The molecule has 0 atom stereocenters. The fourth-order valence-corrected chi connectivity index (χ4v) is 2.16. The molecular weight excluding hydrogens is 264 g/mol. The van der Waals surface area contributed by atoms with Gasteiger partial charge in [-0.1, -0.05) is 24.3 Å². The summed E-state index contributed by atoms with van der Waals surface area (Å²) in [6.07, 6.45) is 2.41. The minimum absolute atomic E-state index is 0.0943. The second-order valence-electron chi connectivity index (χ2n) is 5.80. The number of carboxylic acids is 1. The highest BCUT2D eigenvalue weighted by atomic mass is 16.4. The number of nitrogens with zero attached hydrogens (tertiary/aromatic N) is 1. The number of aliphatic carboxylic acids is 1. The zero-order valence-corrected chi connectivity index (χ0v) is 13.4. The second kappa shape index (κ2) is 9.53. The third-order valence-corrected chi connectivity index (χ3v) is 3.77. The first kappa shape index (κ1) is 17.7. The minimum Gasteiger partial charge on any atom is -0.481 e. The molecule has 0 unspecified atom stereocenters. The van der Waals surface area contributed by atoms with E-state index in [2.05, 4.69) is 31.1 Å². The molecule has 4 heteroatoms. The lowest BCUT2D eigenvalue weighted by Crippen LogP contribution is -2.27. The van der Waals surface area contributed by atoms with Gasteiger partial charge in [0.05, 0.1) is 6.42 Å². The van der Waals surface area contributed by atoms with Gasteiger partial charge < -0.3 is 15.3 Å². The van der Waals surface area contributed by atoms with Gasteiger partial charge in [-0.25, -0.2) is 0 Å². The molecular formula is C17H28N2O2. The fraction of sp³-hybridized carbons (Fsp3) is 0.588. The molecule has 0 bridgehead atoms. The summed E-state index contributed by atoms with van der Waals surface area (Å²) in [6.45, 7) is 7.24. The highest BCUT2D eigenvalue weighted by Gasteiger charge is 2.06. The smallest absolute Gasteiger partial charge is 0.307 e. The molecule has 4 nitrogen and oxygen atoms in total. The van der Waals surface area contributed by atoms with Crippen LogP contribution in [-0.4, -0.2) is 42.2 Å². The highest BCUT2D eigenvalue weighted by molar-refractivity contribution is 5.70. The zero-order chi connectivity index (χ0) is 15.7. The van der Waals surface area contributed by atoms with Crippen LogP contribution in [-0.2, 0) is 17.8 Å². The highest BCUT2D eigenvalue weighted by Crippen LogP contribution is 2.09. The minimum atomic E-state index is -0.779. The van der Waals surface area contributed by atoms with Crippen molar-refractivity contribution in [1.29, 1.82) is 0 Å². The standard InChI is InChI=1S/C17H28N2O2/c1-14(2)19(3)11-7-6-10-18-13-16-9-5-4-8-15(16)12-17(20)21/h4-5,8-9,14,18H,6-7,10-13H2,1-3H3,(H,20,21). The Morgan fingerprint density at radius 3 is 2.52 bits per heavy atom. The van der Waals surface area contributed by atoms with Crippen LogP contribution in [0.3, 0.4) is 0 Å². The first-order valence-electron chi connectivity index (χ1n) is 7.70.